The van der Waals surface area contributed by atoms with Crippen molar-refractivity contribution >= 4 is 22.8 Å². The molecular formula is C13H15N3S. The van der Waals surface area contributed by atoms with Crippen molar-refractivity contribution in [2.75, 3.05) is 13.1 Å². The van der Waals surface area contributed by atoms with Crippen LogP contribution in [0.4, 0.5) is 0 Å². The summed E-state index contributed by atoms with van der Waals surface area (Å²) in [7, 11) is 0. The summed E-state index contributed by atoms with van der Waals surface area (Å²) in [6, 6.07) is 8.21. The van der Waals surface area contributed by atoms with Gasteiger partial charge in [-0.1, -0.05) is 43.8 Å². The van der Waals surface area contributed by atoms with E-state index in [1.165, 1.54) is 17.3 Å². The Balaban J connectivity index is 2.12. The van der Waals surface area contributed by atoms with Crippen molar-refractivity contribution in [2.45, 2.75) is 18.7 Å². The van der Waals surface area contributed by atoms with Crippen LogP contribution in [0.3, 0.4) is 0 Å². The zero-order valence-electron chi connectivity index (χ0n) is 10.0. The summed E-state index contributed by atoms with van der Waals surface area (Å²) in [5.74, 6) is 0.976. The zero-order valence-corrected chi connectivity index (χ0v) is 10.8. The van der Waals surface area contributed by atoms with E-state index in [4.69, 9.17) is 5.41 Å². The summed E-state index contributed by atoms with van der Waals surface area (Å²) < 4.78 is 0. The van der Waals surface area contributed by atoms with Crippen molar-refractivity contribution in [3.8, 4) is 0 Å². The minimum Gasteiger partial charge on any atom is -0.305 e. The average molecular weight is 245 g/mol. The van der Waals surface area contributed by atoms with E-state index in [-0.39, 0.29) is 5.41 Å². The number of rotatable bonds is 0. The van der Waals surface area contributed by atoms with Gasteiger partial charge >= 0.3 is 0 Å². The molecule has 88 valence electrons. The molecule has 0 saturated carbocycles. The van der Waals surface area contributed by atoms with Crippen molar-refractivity contribution in [3.63, 3.8) is 0 Å². The van der Waals surface area contributed by atoms with Gasteiger partial charge in [0.2, 0.25) is 0 Å². The summed E-state index contributed by atoms with van der Waals surface area (Å²) in [5, 5.41) is 8.72. The molecule has 4 heteroatoms. The third kappa shape index (κ3) is 1.76. The average Bonchev–Trinajstić information content (AvgIpc) is 2.28. The topological polar surface area (TPSA) is 39.5 Å². The van der Waals surface area contributed by atoms with Gasteiger partial charge in [-0.2, -0.15) is 0 Å². The second-order valence-electron chi connectivity index (χ2n) is 5.29. The SMILES string of the molecule is CC1(C)CN=C2c3ccccc3SC(=N)N2C1. The van der Waals surface area contributed by atoms with E-state index >= 15 is 0 Å². The third-order valence-corrected chi connectivity index (χ3v) is 4.07. The normalized spacial score (nSPS) is 21.6. The highest BCUT2D eigenvalue weighted by Crippen LogP contribution is 2.36. The van der Waals surface area contributed by atoms with E-state index in [1.807, 2.05) is 17.0 Å². The second kappa shape index (κ2) is 3.60. The lowest BCUT2D eigenvalue weighted by atomic mass is 9.91. The molecule has 1 N–H and O–H groups in total. The molecule has 0 unspecified atom stereocenters. The van der Waals surface area contributed by atoms with Crippen LogP contribution in [0.1, 0.15) is 19.4 Å². The Kier molecular flexibility index (Phi) is 2.30. The van der Waals surface area contributed by atoms with Crippen LogP contribution in [0.2, 0.25) is 0 Å². The van der Waals surface area contributed by atoms with Crippen LogP contribution in [-0.4, -0.2) is 29.0 Å². The minimum atomic E-state index is 0.155. The number of aliphatic imine (C=N–C) groups is 1. The molecule has 0 aliphatic carbocycles. The Morgan fingerprint density at radius 2 is 2.12 bits per heavy atom. The quantitative estimate of drug-likeness (QED) is 0.763. The van der Waals surface area contributed by atoms with Gasteiger partial charge in [0, 0.05) is 29.0 Å². The van der Waals surface area contributed by atoms with Crippen molar-refractivity contribution in [1.82, 2.24) is 4.90 Å². The fourth-order valence-corrected chi connectivity index (χ4v) is 3.11. The lowest BCUT2D eigenvalue weighted by Gasteiger charge is -2.40. The van der Waals surface area contributed by atoms with Crippen molar-refractivity contribution < 1.29 is 0 Å². The number of hydrogen-bond donors (Lipinski definition) is 1. The smallest absolute Gasteiger partial charge is 0.166 e. The summed E-state index contributed by atoms with van der Waals surface area (Å²) in [6.07, 6.45) is 0. The van der Waals surface area contributed by atoms with E-state index in [0.29, 0.717) is 5.17 Å². The van der Waals surface area contributed by atoms with E-state index in [2.05, 4.69) is 31.0 Å². The highest BCUT2D eigenvalue weighted by Gasteiger charge is 2.35. The molecule has 0 fully saturated rings. The highest BCUT2D eigenvalue weighted by atomic mass is 32.2. The summed E-state index contributed by atoms with van der Waals surface area (Å²) >= 11 is 1.53. The zero-order chi connectivity index (χ0) is 12.0. The van der Waals surface area contributed by atoms with Crippen LogP contribution >= 0.6 is 11.8 Å². The Labute approximate surface area is 105 Å². The van der Waals surface area contributed by atoms with Crippen molar-refractivity contribution in [3.05, 3.63) is 29.8 Å². The Morgan fingerprint density at radius 1 is 1.35 bits per heavy atom. The maximum atomic E-state index is 8.13. The number of fused-ring (bicyclic) bond motifs is 3. The molecule has 2 heterocycles. The molecule has 0 atom stereocenters. The number of benzene rings is 1. The van der Waals surface area contributed by atoms with Gasteiger partial charge in [-0.15, -0.1) is 0 Å². The standard InChI is InChI=1S/C13H15N3S/c1-13(2)7-15-11-9-5-3-4-6-10(9)17-12(14)16(11)8-13/h3-6,14H,7-8H2,1-2H3. The van der Waals surface area contributed by atoms with Crippen LogP contribution in [0.15, 0.2) is 34.2 Å². The minimum absolute atomic E-state index is 0.155. The van der Waals surface area contributed by atoms with Gasteiger partial charge in [0.05, 0.1) is 0 Å². The lowest BCUT2D eigenvalue weighted by Crippen LogP contribution is -2.48. The molecule has 1 aromatic rings. The van der Waals surface area contributed by atoms with Gasteiger partial charge < -0.3 is 4.90 Å². The Hall–Kier alpha value is -1.29. The lowest BCUT2D eigenvalue weighted by molar-refractivity contribution is 0.299. The van der Waals surface area contributed by atoms with Gasteiger partial charge in [-0.05, 0) is 6.07 Å². The predicted octanol–water partition coefficient (Wildman–Crippen LogP) is 2.82. The molecule has 0 bridgehead atoms. The molecule has 17 heavy (non-hydrogen) atoms. The van der Waals surface area contributed by atoms with Crippen molar-refractivity contribution in [1.29, 1.82) is 5.41 Å². The van der Waals surface area contributed by atoms with Gasteiger partial charge in [0.1, 0.15) is 5.84 Å². The highest BCUT2D eigenvalue weighted by molar-refractivity contribution is 8.14. The van der Waals surface area contributed by atoms with Crippen LogP contribution < -0.4 is 0 Å². The molecule has 0 saturated heterocycles. The predicted molar refractivity (Wildman–Crippen MR) is 71.9 cm³/mol. The summed E-state index contributed by atoms with van der Waals surface area (Å²) in [6.45, 7) is 6.12. The number of thioether (sulfide) groups is 1. The van der Waals surface area contributed by atoms with Gasteiger partial charge in [-0.25, -0.2) is 0 Å². The van der Waals surface area contributed by atoms with E-state index in [9.17, 15) is 0 Å². The third-order valence-electron chi connectivity index (χ3n) is 3.08. The number of amidine groups is 2. The van der Waals surface area contributed by atoms with Gasteiger partial charge in [0.25, 0.3) is 0 Å². The summed E-state index contributed by atoms with van der Waals surface area (Å²) in [5.41, 5.74) is 1.33. The molecule has 0 aromatic heterocycles. The molecular weight excluding hydrogens is 230 g/mol. The first-order chi connectivity index (χ1) is 8.07. The molecule has 2 aliphatic heterocycles. The molecule has 1 aromatic carbocycles. The maximum absolute atomic E-state index is 8.13. The first-order valence-corrected chi connectivity index (χ1v) is 6.56. The van der Waals surface area contributed by atoms with Crippen LogP contribution in [0.25, 0.3) is 0 Å². The molecule has 3 nitrogen and oxygen atoms in total. The monoisotopic (exact) mass is 245 g/mol. The number of nitrogens with one attached hydrogen (secondary N) is 1. The molecule has 3 rings (SSSR count). The Bertz CT molecular complexity index is 519. The van der Waals surface area contributed by atoms with Crippen LogP contribution in [0.5, 0.6) is 0 Å². The largest absolute Gasteiger partial charge is 0.305 e. The first kappa shape index (κ1) is 10.8. The Morgan fingerprint density at radius 3 is 2.94 bits per heavy atom. The van der Waals surface area contributed by atoms with Crippen LogP contribution in [-0.2, 0) is 0 Å². The number of nitrogens with zero attached hydrogens (tertiary/aromatic N) is 2. The van der Waals surface area contributed by atoms with Gasteiger partial charge in [0.15, 0.2) is 5.17 Å². The van der Waals surface area contributed by atoms with E-state index in [0.717, 1.165) is 23.8 Å². The first-order valence-electron chi connectivity index (χ1n) is 5.75. The second-order valence-corrected chi connectivity index (χ2v) is 6.32. The molecule has 0 amide bonds. The fourth-order valence-electron chi connectivity index (χ4n) is 2.23. The van der Waals surface area contributed by atoms with E-state index in [1.54, 1.807) is 0 Å². The van der Waals surface area contributed by atoms with Crippen LogP contribution in [0, 0.1) is 10.8 Å². The van der Waals surface area contributed by atoms with Gasteiger partial charge in [-0.3, -0.25) is 10.4 Å². The summed E-state index contributed by atoms with van der Waals surface area (Å²) in [4.78, 5) is 7.87. The van der Waals surface area contributed by atoms with E-state index < -0.39 is 0 Å². The molecule has 0 spiro atoms. The van der Waals surface area contributed by atoms with Crippen molar-refractivity contribution in [2.24, 2.45) is 10.4 Å². The molecule has 0 radical (unpaired) electrons. The number of hydrogen-bond acceptors (Lipinski definition) is 3. The fraction of sp³-hybridized carbons (Fsp3) is 0.385. The molecule has 2 aliphatic rings. The maximum Gasteiger partial charge on any atom is 0.166 e.